The minimum Gasteiger partial charge on any atom is -0.377 e. The lowest BCUT2D eigenvalue weighted by Gasteiger charge is -2.36. The van der Waals surface area contributed by atoms with Crippen LogP contribution in [0.1, 0.15) is 45.4 Å². The first kappa shape index (κ1) is 12.3. The van der Waals surface area contributed by atoms with E-state index in [1.165, 1.54) is 38.5 Å². The minimum absolute atomic E-state index is 0.209. The highest BCUT2D eigenvalue weighted by atomic mass is 16.5. The van der Waals surface area contributed by atoms with Crippen LogP contribution in [-0.4, -0.2) is 31.3 Å². The number of hydrogen-bond acceptors (Lipinski definition) is 3. The summed E-state index contributed by atoms with van der Waals surface area (Å²) in [5.74, 6) is 0.763. The number of nitrogens with one attached hydrogen (secondary N) is 1. The van der Waals surface area contributed by atoms with Crippen LogP contribution in [0.25, 0.3) is 0 Å². The van der Waals surface area contributed by atoms with Gasteiger partial charge in [0.1, 0.15) is 0 Å². The lowest BCUT2D eigenvalue weighted by molar-refractivity contribution is 0.0955. The second-order valence-electron chi connectivity index (χ2n) is 5.37. The van der Waals surface area contributed by atoms with E-state index < -0.39 is 0 Å². The largest absolute Gasteiger partial charge is 0.377 e. The molecule has 2 rings (SSSR count). The maximum absolute atomic E-state index is 6.02. The van der Waals surface area contributed by atoms with Gasteiger partial charge in [0.05, 0.1) is 6.10 Å². The third kappa shape index (κ3) is 2.41. The standard InChI is InChI=1S/C13H26N2O/c1-2-11-5-3-7-13(11,10-14)15-9-12-6-4-8-16-12/h11-12,15H,2-10,14H2,1H3. The average molecular weight is 226 g/mol. The van der Waals surface area contributed by atoms with Gasteiger partial charge in [-0.3, -0.25) is 0 Å². The van der Waals surface area contributed by atoms with Crippen molar-refractivity contribution in [1.82, 2.24) is 5.32 Å². The number of rotatable bonds is 5. The molecule has 1 saturated carbocycles. The first-order valence-electron chi connectivity index (χ1n) is 6.87. The molecule has 0 bridgehead atoms. The molecule has 3 atom stereocenters. The van der Waals surface area contributed by atoms with E-state index in [9.17, 15) is 0 Å². The maximum atomic E-state index is 6.02. The second kappa shape index (κ2) is 5.48. The lowest BCUT2D eigenvalue weighted by Crippen LogP contribution is -2.55. The Balaban J connectivity index is 1.87. The van der Waals surface area contributed by atoms with Crippen LogP contribution in [0, 0.1) is 5.92 Å². The van der Waals surface area contributed by atoms with Crippen molar-refractivity contribution in [2.24, 2.45) is 11.7 Å². The van der Waals surface area contributed by atoms with Crippen molar-refractivity contribution in [3.05, 3.63) is 0 Å². The first-order valence-corrected chi connectivity index (χ1v) is 6.87. The van der Waals surface area contributed by atoms with Crippen molar-refractivity contribution in [3.8, 4) is 0 Å². The molecule has 3 unspecified atom stereocenters. The van der Waals surface area contributed by atoms with Crippen molar-refractivity contribution >= 4 is 0 Å². The van der Waals surface area contributed by atoms with Crippen molar-refractivity contribution < 1.29 is 4.74 Å². The van der Waals surface area contributed by atoms with E-state index >= 15 is 0 Å². The number of ether oxygens (including phenoxy) is 1. The predicted octanol–water partition coefficient (Wildman–Crippen LogP) is 1.66. The molecule has 94 valence electrons. The molecule has 0 amide bonds. The highest BCUT2D eigenvalue weighted by molar-refractivity contribution is 5.00. The summed E-state index contributed by atoms with van der Waals surface area (Å²) >= 11 is 0. The summed E-state index contributed by atoms with van der Waals surface area (Å²) in [5.41, 5.74) is 6.23. The van der Waals surface area contributed by atoms with E-state index in [2.05, 4.69) is 12.2 Å². The summed E-state index contributed by atoms with van der Waals surface area (Å²) in [6, 6.07) is 0. The van der Waals surface area contributed by atoms with E-state index in [-0.39, 0.29) is 5.54 Å². The summed E-state index contributed by atoms with van der Waals surface area (Å²) in [5, 5.41) is 3.74. The van der Waals surface area contributed by atoms with Crippen LogP contribution in [0.3, 0.4) is 0 Å². The lowest BCUT2D eigenvalue weighted by atomic mass is 9.85. The van der Waals surface area contributed by atoms with Gasteiger partial charge in [-0.2, -0.15) is 0 Å². The molecule has 1 saturated heterocycles. The van der Waals surface area contributed by atoms with E-state index in [0.29, 0.717) is 6.10 Å². The van der Waals surface area contributed by atoms with Crippen LogP contribution < -0.4 is 11.1 Å². The van der Waals surface area contributed by atoms with Crippen LogP contribution in [-0.2, 0) is 4.74 Å². The molecule has 1 aliphatic carbocycles. The van der Waals surface area contributed by atoms with Crippen molar-refractivity contribution in [3.63, 3.8) is 0 Å². The van der Waals surface area contributed by atoms with Crippen LogP contribution >= 0.6 is 0 Å². The summed E-state index contributed by atoms with van der Waals surface area (Å²) in [7, 11) is 0. The number of nitrogens with two attached hydrogens (primary N) is 1. The summed E-state index contributed by atoms with van der Waals surface area (Å²) < 4.78 is 5.67. The van der Waals surface area contributed by atoms with E-state index in [4.69, 9.17) is 10.5 Å². The van der Waals surface area contributed by atoms with Gasteiger partial charge in [-0.25, -0.2) is 0 Å². The van der Waals surface area contributed by atoms with Gasteiger partial charge in [-0.1, -0.05) is 19.8 Å². The molecule has 2 aliphatic rings. The van der Waals surface area contributed by atoms with Crippen LogP contribution in [0.15, 0.2) is 0 Å². The third-order valence-electron chi connectivity index (χ3n) is 4.52. The Hall–Kier alpha value is -0.120. The SMILES string of the molecule is CCC1CCCC1(CN)NCC1CCCO1. The highest BCUT2D eigenvalue weighted by Crippen LogP contribution is 2.37. The molecule has 16 heavy (non-hydrogen) atoms. The fraction of sp³-hybridized carbons (Fsp3) is 1.00. The van der Waals surface area contributed by atoms with Crippen LogP contribution in [0.4, 0.5) is 0 Å². The fourth-order valence-corrected chi connectivity index (χ4v) is 3.44. The quantitative estimate of drug-likeness (QED) is 0.749. The van der Waals surface area contributed by atoms with Gasteiger partial charge in [0, 0.05) is 25.2 Å². The molecular weight excluding hydrogens is 200 g/mol. The second-order valence-corrected chi connectivity index (χ2v) is 5.37. The monoisotopic (exact) mass is 226 g/mol. The van der Waals surface area contributed by atoms with Gasteiger partial charge in [0.2, 0.25) is 0 Å². The van der Waals surface area contributed by atoms with E-state index in [1.807, 2.05) is 0 Å². The third-order valence-corrected chi connectivity index (χ3v) is 4.52. The van der Waals surface area contributed by atoms with Crippen molar-refractivity contribution in [1.29, 1.82) is 0 Å². The van der Waals surface area contributed by atoms with E-state index in [0.717, 1.165) is 25.6 Å². The zero-order valence-corrected chi connectivity index (χ0v) is 10.5. The first-order chi connectivity index (χ1) is 7.80. The summed E-state index contributed by atoms with van der Waals surface area (Å²) in [4.78, 5) is 0. The normalized spacial score (nSPS) is 39.4. The molecule has 3 nitrogen and oxygen atoms in total. The Labute approximate surface area is 99.1 Å². The van der Waals surface area contributed by atoms with E-state index in [1.54, 1.807) is 0 Å². The summed E-state index contributed by atoms with van der Waals surface area (Å²) in [6.07, 6.45) is 8.02. The molecule has 3 N–H and O–H groups in total. The van der Waals surface area contributed by atoms with Gasteiger partial charge in [0.15, 0.2) is 0 Å². The molecule has 0 aromatic heterocycles. The van der Waals surface area contributed by atoms with Crippen LogP contribution in [0.5, 0.6) is 0 Å². The van der Waals surface area contributed by atoms with Gasteiger partial charge < -0.3 is 15.8 Å². The topological polar surface area (TPSA) is 47.3 Å². The minimum atomic E-state index is 0.209. The molecule has 0 radical (unpaired) electrons. The van der Waals surface area contributed by atoms with Gasteiger partial charge >= 0.3 is 0 Å². The molecule has 0 aromatic carbocycles. The molecule has 1 heterocycles. The summed E-state index contributed by atoms with van der Waals surface area (Å²) in [6.45, 7) is 5.00. The highest BCUT2D eigenvalue weighted by Gasteiger charge is 2.40. The molecular formula is C13H26N2O. The zero-order chi connectivity index (χ0) is 11.4. The number of hydrogen-bond donors (Lipinski definition) is 2. The Morgan fingerprint density at radius 2 is 2.25 bits per heavy atom. The Bertz CT molecular complexity index is 216. The maximum Gasteiger partial charge on any atom is 0.0700 e. The molecule has 0 spiro atoms. The van der Waals surface area contributed by atoms with Crippen LogP contribution in [0.2, 0.25) is 0 Å². The fourth-order valence-electron chi connectivity index (χ4n) is 3.44. The van der Waals surface area contributed by atoms with Gasteiger partial charge in [0.25, 0.3) is 0 Å². The predicted molar refractivity (Wildman–Crippen MR) is 66.4 cm³/mol. The van der Waals surface area contributed by atoms with Crippen molar-refractivity contribution in [2.75, 3.05) is 19.7 Å². The molecule has 1 aliphatic heterocycles. The Morgan fingerprint density at radius 3 is 2.88 bits per heavy atom. The average Bonchev–Trinajstić information content (AvgIpc) is 2.96. The van der Waals surface area contributed by atoms with Gasteiger partial charge in [-0.15, -0.1) is 0 Å². The van der Waals surface area contributed by atoms with Gasteiger partial charge in [-0.05, 0) is 31.6 Å². The molecule has 2 fully saturated rings. The Morgan fingerprint density at radius 1 is 1.38 bits per heavy atom. The molecule has 0 aromatic rings. The smallest absolute Gasteiger partial charge is 0.0700 e. The molecule has 3 heteroatoms. The zero-order valence-electron chi connectivity index (χ0n) is 10.5. The van der Waals surface area contributed by atoms with Crippen molar-refractivity contribution in [2.45, 2.75) is 57.1 Å². The Kier molecular flexibility index (Phi) is 4.22.